The standard InChI is InChI=1S/C22H44N4O/c1-4-23-21(25-19-22(13-18-27-3)11-5-6-12-22)24-14-7-8-15-26-16-9-20(2)10-17-26/h20H,4-19H2,1-3H3,(H2,23,24,25). The fourth-order valence-corrected chi connectivity index (χ4v) is 4.47. The van der Waals surface area contributed by atoms with Crippen LogP contribution in [0.15, 0.2) is 4.99 Å². The highest BCUT2D eigenvalue weighted by Crippen LogP contribution is 2.41. The number of unbranched alkanes of at least 4 members (excludes halogenated alkanes) is 1. The van der Waals surface area contributed by atoms with Gasteiger partial charge in [0.2, 0.25) is 0 Å². The Bertz CT molecular complexity index is 413. The average molecular weight is 381 g/mol. The topological polar surface area (TPSA) is 48.9 Å². The molecule has 0 aromatic rings. The first-order valence-corrected chi connectivity index (χ1v) is 11.4. The van der Waals surface area contributed by atoms with E-state index in [1.807, 2.05) is 7.11 Å². The third-order valence-electron chi connectivity index (χ3n) is 6.49. The molecule has 2 fully saturated rings. The molecule has 0 atom stereocenters. The van der Waals surface area contributed by atoms with Crippen molar-refractivity contribution in [1.82, 2.24) is 15.5 Å². The molecule has 2 aliphatic rings. The summed E-state index contributed by atoms with van der Waals surface area (Å²) in [7, 11) is 1.81. The second-order valence-corrected chi connectivity index (χ2v) is 8.80. The van der Waals surface area contributed by atoms with Crippen molar-refractivity contribution in [2.24, 2.45) is 16.3 Å². The molecule has 1 heterocycles. The van der Waals surface area contributed by atoms with E-state index in [0.717, 1.165) is 44.5 Å². The number of nitrogens with one attached hydrogen (secondary N) is 2. The van der Waals surface area contributed by atoms with Gasteiger partial charge in [-0.2, -0.15) is 0 Å². The van der Waals surface area contributed by atoms with Gasteiger partial charge in [-0.15, -0.1) is 0 Å². The predicted molar refractivity (Wildman–Crippen MR) is 115 cm³/mol. The molecule has 0 aromatic heterocycles. The maximum Gasteiger partial charge on any atom is 0.191 e. The monoisotopic (exact) mass is 380 g/mol. The molecule has 1 aliphatic carbocycles. The lowest BCUT2D eigenvalue weighted by Crippen LogP contribution is -2.39. The van der Waals surface area contributed by atoms with Crippen molar-refractivity contribution < 1.29 is 4.74 Å². The second-order valence-electron chi connectivity index (χ2n) is 8.80. The van der Waals surface area contributed by atoms with E-state index in [9.17, 15) is 0 Å². The lowest BCUT2D eigenvalue weighted by Gasteiger charge is -2.30. The van der Waals surface area contributed by atoms with Crippen LogP contribution in [0.4, 0.5) is 0 Å². The number of hydrogen-bond donors (Lipinski definition) is 2. The smallest absolute Gasteiger partial charge is 0.191 e. The second kappa shape index (κ2) is 12.6. The Morgan fingerprint density at radius 3 is 2.56 bits per heavy atom. The van der Waals surface area contributed by atoms with Gasteiger partial charge in [0.05, 0.1) is 0 Å². The Hall–Kier alpha value is -0.810. The van der Waals surface area contributed by atoms with Crippen molar-refractivity contribution in [2.45, 2.75) is 71.6 Å². The average Bonchev–Trinajstić information content (AvgIpc) is 3.15. The van der Waals surface area contributed by atoms with Gasteiger partial charge >= 0.3 is 0 Å². The highest BCUT2D eigenvalue weighted by Gasteiger charge is 2.33. The lowest BCUT2D eigenvalue weighted by atomic mass is 9.83. The van der Waals surface area contributed by atoms with Crippen molar-refractivity contribution in [3.63, 3.8) is 0 Å². The summed E-state index contributed by atoms with van der Waals surface area (Å²) >= 11 is 0. The van der Waals surface area contributed by atoms with E-state index in [0.29, 0.717) is 5.41 Å². The predicted octanol–water partition coefficient (Wildman–Crippen LogP) is 3.65. The molecule has 27 heavy (non-hydrogen) atoms. The van der Waals surface area contributed by atoms with Crippen LogP contribution in [0.5, 0.6) is 0 Å². The largest absolute Gasteiger partial charge is 0.385 e. The SMILES string of the molecule is CCNC(=NCC1(CCOC)CCCC1)NCCCCN1CCC(C)CC1. The Kier molecular flexibility index (Phi) is 10.5. The van der Waals surface area contributed by atoms with Gasteiger partial charge in [-0.1, -0.05) is 19.8 Å². The van der Waals surface area contributed by atoms with Crippen LogP contribution in [0.2, 0.25) is 0 Å². The maximum absolute atomic E-state index is 5.35. The molecule has 5 heteroatoms. The van der Waals surface area contributed by atoms with Gasteiger partial charge in [-0.25, -0.2) is 0 Å². The van der Waals surface area contributed by atoms with Crippen molar-refractivity contribution in [3.05, 3.63) is 0 Å². The first-order valence-electron chi connectivity index (χ1n) is 11.4. The van der Waals surface area contributed by atoms with Crippen LogP contribution >= 0.6 is 0 Å². The maximum atomic E-state index is 5.35. The normalized spacial score (nSPS) is 21.5. The van der Waals surface area contributed by atoms with Gasteiger partial charge in [0.15, 0.2) is 5.96 Å². The summed E-state index contributed by atoms with van der Waals surface area (Å²) in [5.74, 6) is 1.92. The summed E-state index contributed by atoms with van der Waals surface area (Å²) in [6, 6.07) is 0. The highest BCUT2D eigenvalue weighted by molar-refractivity contribution is 5.79. The molecule has 2 rings (SSSR count). The molecule has 2 N–H and O–H groups in total. The Morgan fingerprint density at radius 2 is 1.89 bits per heavy atom. The summed E-state index contributed by atoms with van der Waals surface area (Å²) in [4.78, 5) is 7.58. The van der Waals surface area contributed by atoms with Crippen molar-refractivity contribution in [3.8, 4) is 0 Å². The number of guanidine groups is 1. The molecule has 1 saturated heterocycles. The zero-order valence-corrected chi connectivity index (χ0v) is 18.2. The Labute approximate surface area is 167 Å². The zero-order valence-electron chi connectivity index (χ0n) is 18.2. The lowest BCUT2D eigenvalue weighted by molar-refractivity contribution is 0.141. The third kappa shape index (κ3) is 8.39. The Balaban J connectivity index is 1.68. The molecule has 0 amide bonds. The molecular formula is C22H44N4O. The fourth-order valence-electron chi connectivity index (χ4n) is 4.47. The van der Waals surface area contributed by atoms with Crippen LogP contribution < -0.4 is 10.6 Å². The van der Waals surface area contributed by atoms with Crippen LogP contribution in [0, 0.1) is 11.3 Å². The van der Waals surface area contributed by atoms with Crippen molar-refractivity contribution in [1.29, 1.82) is 0 Å². The van der Waals surface area contributed by atoms with E-state index >= 15 is 0 Å². The fraction of sp³-hybridized carbons (Fsp3) is 0.955. The third-order valence-corrected chi connectivity index (χ3v) is 6.49. The summed E-state index contributed by atoms with van der Waals surface area (Å²) in [5.41, 5.74) is 0.365. The zero-order chi connectivity index (χ0) is 19.4. The summed E-state index contributed by atoms with van der Waals surface area (Å²) < 4.78 is 5.35. The van der Waals surface area contributed by atoms with Gasteiger partial charge in [0, 0.05) is 33.4 Å². The molecule has 5 nitrogen and oxygen atoms in total. The summed E-state index contributed by atoms with van der Waals surface area (Å²) in [6.45, 7) is 12.1. The van der Waals surface area contributed by atoms with E-state index in [-0.39, 0.29) is 0 Å². The van der Waals surface area contributed by atoms with Crippen LogP contribution in [0.3, 0.4) is 0 Å². The van der Waals surface area contributed by atoms with Gasteiger partial charge in [-0.05, 0) is 82.8 Å². The van der Waals surface area contributed by atoms with Gasteiger partial charge < -0.3 is 20.3 Å². The number of ether oxygens (including phenoxy) is 1. The quantitative estimate of drug-likeness (QED) is 0.326. The van der Waals surface area contributed by atoms with E-state index in [2.05, 4.69) is 29.4 Å². The number of nitrogens with zero attached hydrogens (tertiary/aromatic N) is 2. The molecule has 1 saturated carbocycles. The minimum Gasteiger partial charge on any atom is -0.385 e. The molecule has 1 aliphatic heterocycles. The Morgan fingerprint density at radius 1 is 1.15 bits per heavy atom. The van der Waals surface area contributed by atoms with E-state index in [1.54, 1.807) is 0 Å². The van der Waals surface area contributed by atoms with Crippen LogP contribution in [-0.4, -0.2) is 63.8 Å². The first kappa shape index (κ1) is 22.5. The number of likely N-dealkylation sites (tertiary alicyclic amines) is 1. The van der Waals surface area contributed by atoms with Crippen molar-refractivity contribution >= 4 is 5.96 Å². The molecule has 0 bridgehead atoms. The minimum atomic E-state index is 0.365. The summed E-state index contributed by atoms with van der Waals surface area (Å²) in [6.07, 6.45) is 11.7. The molecule has 0 aromatic carbocycles. The van der Waals surface area contributed by atoms with Gasteiger partial charge in [0.1, 0.15) is 0 Å². The van der Waals surface area contributed by atoms with Crippen LogP contribution in [0.25, 0.3) is 0 Å². The van der Waals surface area contributed by atoms with E-state index < -0.39 is 0 Å². The number of rotatable bonds is 11. The number of aliphatic imine (C=N–C) groups is 1. The number of hydrogen-bond acceptors (Lipinski definition) is 3. The number of piperidine rings is 1. The molecular weight excluding hydrogens is 336 g/mol. The molecule has 0 radical (unpaired) electrons. The van der Waals surface area contributed by atoms with Crippen molar-refractivity contribution in [2.75, 3.05) is 53.0 Å². The van der Waals surface area contributed by atoms with Gasteiger partial charge in [-0.3, -0.25) is 4.99 Å². The molecule has 0 unspecified atom stereocenters. The molecule has 0 spiro atoms. The summed E-state index contributed by atoms with van der Waals surface area (Å²) in [5, 5.41) is 6.97. The van der Waals surface area contributed by atoms with Crippen LogP contribution in [0.1, 0.15) is 71.6 Å². The van der Waals surface area contributed by atoms with E-state index in [1.165, 1.54) is 71.0 Å². The highest BCUT2D eigenvalue weighted by atomic mass is 16.5. The molecule has 158 valence electrons. The van der Waals surface area contributed by atoms with Gasteiger partial charge in [0.25, 0.3) is 0 Å². The first-order chi connectivity index (χ1) is 13.2. The number of methoxy groups -OCH3 is 1. The van der Waals surface area contributed by atoms with E-state index in [4.69, 9.17) is 9.73 Å². The van der Waals surface area contributed by atoms with Crippen LogP contribution in [-0.2, 0) is 4.74 Å². The minimum absolute atomic E-state index is 0.365.